The summed E-state index contributed by atoms with van der Waals surface area (Å²) in [5.41, 5.74) is 3.39. The number of halogens is 3. The minimum absolute atomic E-state index is 0.0696. The van der Waals surface area contributed by atoms with Crippen molar-refractivity contribution in [1.82, 2.24) is 9.99 Å². The van der Waals surface area contributed by atoms with Gasteiger partial charge in [-0.2, -0.15) is 13.2 Å². The van der Waals surface area contributed by atoms with E-state index in [1.54, 1.807) is 0 Å². The Bertz CT molecular complexity index is 1030. The van der Waals surface area contributed by atoms with Crippen LogP contribution in [0, 0.1) is 10.1 Å². The Balaban J connectivity index is 1.63. The molecule has 0 unspecified atom stereocenters. The molecule has 1 heterocycles. The van der Waals surface area contributed by atoms with E-state index in [2.05, 4.69) is 10.9 Å². The number of hydrogen-bond acceptors (Lipinski definition) is 4. The average molecular weight is 392 g/mol. The molecular weight excluding hydrogens is 377 g/mol. The molecule has 0 aliphatic rings. The number of hydrazine groups is 1. The maximum atomic E-state index is 12.7. The molecule has 1 aromatic heterocycles. The van der Waals surface area contributed by atoms with Gasteiger partial charge in [-0.15, -0.1) is 0 Å². The van der Waals surface area contributed by atoms with E-state index in [0.717, 1.165) is 17.0 Å². The number of aryl methyl sites for hydroxylation is 1. The Morgan fingerprint density at radius 3 is 2.61 bits per heavy atom. The van der Waals surface area contributed by atoms with Gasteiger partial charge in [-0.1, -0.05) is 18.2 Å². The molecule has 28 heavy (non-hydrogen) atoms. The molecule has 0 aliphatic carbocycles. The lowest BCUT2D eigenvalue weighted by molar-refractivity contribution is -0.384. The summed E-state index contributed by atoms with van der Waals surface area (Å²) in [6.07, 6.45) is -2.79. The molecule has 0 saturated heterocycles. The standard InChI is InChI=1S/C18H15F3N4O3/c19-18(20,21)13-5-6-14(16(11-13)25(27)28)22-23-17(26)8-10-24-9-7-12-3-1-2-4-15(12)24/h1-7,9,11,22H,8,10H2,(H,23,26). The fourth-order valence-electron chi connectivity index (χ4n) is 2.72. The van der Waals surface area contributed by atoms with E-state index >= 15 is 0 Å². The monoisotopic (exact) mass is 392 g/mol. The first-order valence-electron chi connectivity index (χ1n) is 8.20. The summed E-state index contributed by atoms with van der Waals surface area (Å²) in [5.74, 6) is -0.466. The first-order chi connectivity index (χ1) is 13.3. The summed E-state index contributed by atoms with van der Waals surface area (Å²) >= 11 is 0. The van der Waals surface area contributed by atoms with Gasteiger partial charge in [-0.05, 0) is 29.7 Å². The highest BCUT2D eigenvalue weighted by Gasteiger charge is 2.33. The van der Waals surface area contributed by atoms with Crippen LogP contribution in [0.4, 0.5) is 24.5 Å². The number of nitro groups is 1. The highest BCUT2D eigenvalue weighted by atomic mass is 19.4. The second-order valence-electron chi connectivity index (χ2n) is 5.98. The topological polar surface area (TPSA) is 89.2 Å². The van der Waals surface area contributed by atoms with E-state index in [1.807, 2.05) is 41.1 Å². The lowest BCUT2D eigenvalue weighted by Gasteiger charge is -2.12. The fraction of sp³-hybridized carbons (Fsp3) is 0.167. The van der Waals surface area contributed by atoms with Gasteiger partial charge in [0.15, 0.2) is 0 Å². The van der Waals surface area contributed by atoms with Gasteiger partial charge in [0, 0.05) is 30.7 Å². The van der Waals surface area contributed by atoms with Crippen molar-refractivity contribution in [3.05, 3.63) is 70.4 Å². The van der Waals surface area contributed by atoms with Gasteiger partial charge in [0.25, 0.3) is 5.69 Å². The van der Waals surface area contributed by atoms with Crippen LogP contribution in [0.25, 0.3) is 10.9 Å². The van der Waals surface area contributed by atoms with E-state index in [-0.39, 0.29) is 12.1 Å². The number of alkyl halides is 3. The molecule has 2 aromatic carbocycles. The van der Waals surface area contributed by atoms with Crippen molar-refractivity contribution in [1.29, 1.82) is 0 Å². The maximum absolute atomic E-state index is 12.7. The van der Waals surface area contributed by atoms with Crippen molar-refractivity contribution in [2.24, 2.45) is 0 Å². The third-order valence-corrected chi connectivity index (χ3v) is 4.12. The highest BCUT2D eigenvalue weighted by molar-refractivity contribution is 5.81. The van der Waals surface area contributed by atoms with E-state index in [4.69, 9.17) is 0 Å². The maximum Gasteiger partial charge on any atom is 0.416 e. The summed E-state index contributed by atoms with van der Waals surface area (Å²) in [6, 6.07) is 11.6. The molecular formula is C18H15F3N4O3. The molecule has 3 aromatic rings. The van der Waals surface area contributed by atoms with Gasteiger partial charge in [-0.25, -0.2) is 0 Å². The normalized spacial score (nSPS) is 11.4. The molecule has 0 aliphatic heterocycles. The number of nitrogens with one attached hydrogen (secondary N) is 2. The number of carbonyl (C=O) groups excluding carboxylic acids is 1. The molecule has 3 rings (SSSR count). The smallest absolute Gasteiger partial charge is 0.347 e. The molecule has 0 saturated carbocycles. The van der Waals surface area contributed by atoms with Crippen molar-refractivity contribution >= 4 is 28.2 Å². The number of hydrogen-bond donors (Lipinski definition) is 2. The SMILES string of the molecule is O=C(CCn1ccc2ccccc21)NNc1ccc(C(F)(F)F)cc1[N+](=O)[O-]. The summed E-state index contributed by atoms with van der Waals surface area (Å²) in [7, 11) is 0. The number of nitrogens with zero attached hydrogens (tertiary/aromatic N) is 2. The minimum Gasteiger partial charge on any atom is -0.347 e. The number of para-hydroxylation sites is 1. The second-order valence-corrected chi connectivity index (χ2v) is 5.98. The first kappa shape index (κ1) is 19.2. The lowest BCUT2D eigenvalue weighted by Crippen LogP contribution is -2.30. The molecule has 0 spiro atoms. The molecule has 0 fully saturated rings. The summed E-state index contributed by atoms with van der Waals surface area (Å²) < 4.78 is 40.0. The minimum atomic E-state index is -4.70. The van der Waals surface area contributed by atoms with E-state index in [9.17, 15) is 28.1 Å². The lowest BCUT2D eigenvalue weighted by atomic mass is 10.1. The van der Waals surface area contributed by atoms with E-state index in [0.29, 0.717) is 18.7 Å². The second kappa shape index (κ2) is 7.59. The molecule has 146 valence electrons. The van der Waals surface area contributed by atoms with Gasteiger partial charge in [0.2, 0.25) is 5.91 Å². The zero-order chi connectivity index (χ0) is 20.3. The van der Waals surface area contributed by atoms with Crippen LogP contribution >= 0.6 is 0 Å². The largest absolute Gasteiger partial charge is 0.416 e. The van der Waals surface area contributed by atoms with Gasteiger partial charge in [0.05, 0.1) is 10.5 Å². The average Bonchev–Trinajstić information content (AvgIpc) is 3.07. The van der Waals surface area contributed by atoms with Crippen LogP contribution in [0.1, 0.15) is 12.0 Å². The predicted octanol–water partition coefficient (Wildman–Crippen LogP) is 4.10. The Kier molecular flexibility index (Phi) is 5.21. The number of aromatic nitrogens is 1. The van der Waals surface area contributed by atoms with Crippen LogP contribution in [0.2, 0.25) is 0 Å². The number of rotatable bonds is 6. The molecule has 2 N–H and O–H groups in total. The molecule has 0 radical (unpaired) electrons. The van der Waals surface area contributed by atoms with Crippen molar-refractivity contribution in [3.63, 3.8) is 0 Å². The summed E-state index contributed by atoms with van der Waals surface area (Å²) in [6.45, 7) is 0.371. The van der Waals surface area contributed by atoms with Crippen molar-refractivity contribution in [3.8, 4) is 0 Å². The Hall–Kier alpha value is -3.56. The molecule has 1 amide bonds. The quantitative estimate of drug-likeness (QED) is 0.488. The van der Waals surface area contributed by atoms with Gasteiger partial charge < -0.3 is 4.57 Å². The highest BCUT2D eigenvalue weighted by Crippen LogP contribution is 2.34. The van der Waals surface area contributed by atoms with Crippen molar-refractivity contribution in [2.75, 3.05) is 5.43 Å². The Labute approximate surface area is 156 Å². The van der Waals surface area contributed by atoms with Crippen LogP contribution in [0.3, 0.4) is 0 Å². The zero-order valence-corrected chi connectivity index (χ0v) is 14.4. The third kappa shape index (κ3) is 4.22. The number of nitro benzene ring substituents is 1. The number of anilines is 1. The summed E-state index contributed by atoms with van der Waals surface area (Å²) in [4.78, 5) is 22.1. The van der Waals surface area contributed by atoms with Gasteiger partial charge >= 0.3 is 6.18 Å². The van der Waals surface area contributed by atoms with Crippen LogP contribution < -0.4 is 10.9 Å². The Morgan fingerprint density at radius 2 is 1.89 bits per heavy atom. The molecule has 0 atom stereocenters. The third-order valence-electron chi connectivity index (χ3n) is 4.12. The Morgan fingerprint density at radius 1 is 1.14 bits per heavy atom. The number of carbonyl (C=O) groups is 1. The van der Waals surface area contributed by atoms with Gasteiger partial charge in [-0.3, -0.25) is 25.8 Å². The number of amides is 1. The zero-order valence-electron chi connectivity index (χ0n) is 14.4. The fourth-order valence-corrected chi connectivity index (χ4v) is 2.72. The van der Waals surface area contributed by atoms with Crippen LogP contribution in [0.15, 0.2) is 54.7 Å². The molecule has 10 heteroatoms. The number of fused-ring (bicyclic) bond motifs is 1. The van der Waals surface area contributed by atoms with Gasteiger partial charge in [0.1, 0.15) is 5.69 Å². The van der Waals surface area contributed by atoms with Crippen LogP contribution in [0.5, 0.6) is 0 Å². The van der Waals surface area contributed by atoms with Crippen molar-refractivity contribution < 1.29 is 22.9 Å². The molecule has 7 nitrogen and oxygen atoms in total. The number of benzene rings is 2. The summed E-state index contributed by atoms with van der Waals surface area (Å²) in [5, 5.41) is 12.1. The van der Waals surface area contributed by atoms with E-state index in [1.165, 1.54) is 0 Å². The van der Waals surface area contributed by atoms with Crippen LogP contribution in [-0.2, 0) is 17.5 Å². The van der Waals surface area contributed by atoms with Crippen molar-refractivity contribution in [2.45, 2.75) is 19.1 Å². The molecule has 0 bridgehead atoms. The first-order valence-corrected chi connectivity index (χ1v) is 8.20. The van der Waals surface area contributed by atoms with Crippen LogP contribution in [-0.4, -0.2) is 15.4 Å². The van der Waals surface area contributed by atoms with E-state index < -0.39 is 28.3 Å². The predicted molar refractivity (Wildman–Crippen MR) is 96.4 cm³/mol.